The first-order valence-corrected chi connectivity index (χ1v) is 15.0. The number of ether oxygens (including phenoxy) is 1. The maximum absolute atomic E-state index is 12.1. The molecule has 1 amide bonds. The van der Waals surface area contributed by atoms with E-state index in [-0.39, 0.29) is 23.4 Å². The van der Waals surface area contributed by atoms with Gasteiger partial charge in [0, 0.05) is 49.3 Å². The van der Waals surface area contributed by atoms with Crippen molar-refractivity contribution in [3.63, 3.8) is 0 Å². The fourth-order valence-electron chi connectivity index (χ4n) is 5.09. The van der Waals surface area contributed by atoms with Gasteiger partial charge in [0.05, 0.1) is 29.9 Å². The summed E-state index contributed by atoms with van der Waals surface area (Å²) in [5.74, 6) is 0.964. The number of nitrogens with one attached hydrogen (secondary N) is 2. The van der Waals surface area contributed by atoms with Crippen molar-refractivity contribution in [2.75, 3.05) is 25.5 Å². The van der Waals surface area contributed by atoms with Crippen LogP contribution >= 0.6 is 0 Å². The van der Waals surface area contributed by atoms with Gasteiger partial charge in [-0.15, -0.1) is 0 Å². The number of aromatic nitrogens is 1. The molecule has 8 heteroatoms. The molecule has 226 valence electrons. The van der Waals surface area contributed by atoms with Crippen LogP contribution in [0.2, 0.25) is 0 Å². The molecule has 1 saturated carbocycles. The molecule has 0 radical (unpaired) electrons. The number of carbonyl (C=O) groups excluding carboxylic acids is 1. The summed E-state index contributed by atoms with van der Waals surface area (Å²) in [6, 6.07) is 10.1. The number of allylic oxidation sites excluding steroid dienone is 5. The summed E-state index contributed by atoms with van der Waals surface area (Å²) in [5, 5.41) is 11.5. The molecule has 0 atom stereocenters. The number of likely N-dealkylation sites (tertiary alicyclic amines) is 1. The highest BCUT2D eigenvalue weighted by atomic mass is 16.5. The number of carbonyl (C=O) groups is 1. The maximum atomic E-state index is 12.1. The van der Waals surface area contributed by atoms with Gasteiger partial charge in [0.25, 0.3) is 5.91 Å². The Hall–Kier alpha value is -4.30. The fraction of sp³-hybridized carbons (Fsp3) is 0.371. The van der Waals surface area contributed by atoms with Crippen LogP contribution in [0.1, 0.15) is 56.9 Å². The minimum atomic E-state index is -0.205. The topological polar surface area (TPSA) is 117 Å². The first-order valence-electron chi connectivity index (χ1n) is 15.0. The minimum Gasteiger partial charge on any atom is -0.494 e. The summed E-state index contributed by atoms with van der Waals surface area (Å²) in [6.45, 7) is 13.0. The second-order valence-electron chi connectivity index (χ2n) is 11.4. The number of amidine groups is 1. The predicted octanol–water partition coefficient (Wildman–Crippen LogP) is 6.32. The van der Waals surface area contributed by atoms with Crippen molar-refractivity contribution in [2.45, 2.75) is 53.0 Å². The van der Waals surface area contributed by atoms with Crippen molar-refractivity contribution < 1.29 is 9.53 Å². The van der Waals surface area contributed by atoms with Crippen molar-refractivity contribution in [1.29, 1.82) is 5.41 Å². The van der Waals surface area contributed by atoms with E-state index in [1.165, 1.54) is 17.2 Å². The Morgan fingerprint density at radius 1 is 1.23 bits per heavy atom. The maximum Gasteiger partial charge on any atom is 0.250 e. The zero-order valence-corrected chi connectivity index (χ0v) is 25.8. The van der Waals surface area contributed by atoms with Crippen LogP contribution in [0, 0.1) is 17.2 Å². The van der Waals surface area contributed by atoms with E-state index in [2.05, 4.69) is 64.9 Å². The number of anilines is 1. The predicted molar refractivity (Wildman–Crippen MR) is 176 cm³/mol. The highest BCUT2D eigenvalue weighted by Crippen LogP contribution is 2.35. The average Bonchev–Trinajstić information content (AvgIpc) is 3.81. The van der Waals surface area contributed by atoms with Crippen LogP contribution in [0.25, 0.3) is 5.57 Å². The third kappa shape index (κ3) is 8.61. The molecule has 1 aliphatic carbocycles. The Morgan fingerprint density at radius 2 is 2.00 bits per heavy atom. The van der Waals surface area contributed by atoms with Crippen molar-refractivity contribution in [3.05, 3.63) is 95.5 Å². The molecule has 1 saturated heterocycles. The van der Waals surface area contributed by atoms with Crippen molar-refractivity contribution >= 4 is 28.7 Å². The lowest BCUT2D eigenvalue weighted by molar-refractivity contribution is -0.118. The lowest BCUT2D eigenvalue weighted by atomic mass is 9.91. The highest BCUT2D eigenvalue weighted by Gasteiger charge is 2.29. The molecule has 1 aromatic heterocycles. The number of benzene rings is 1. The number of nitrogens with zero attached hydrogens (tertiary/aromatic N) is 3. The van der Waals surface area contributed by atoms with Gasteiger partial charge in [-0.25, -0.2) is 0 Å². The number of aliphatic imine (C=N–C) groups is 1. The Bertz CT molecular complexity index is 1470. The molecule has 0 bridgehead atoms. The van der Waals surface area contributed by atoms with E-state index in [4.69, 9.17) is 15.9 Å². The standard InChI is InChI=1S/C35H44N6O2/c1-6-9-25-16-17-38-29(18-25)22-41-20-28(21-41)23(3)12-13-26(7-2)30-10-8-11-31(34(30)43-5)39-32(24(4)36)19-33(37)40-35(42)27-14-15-27/h7-8,10-13,16-19,27-28,36,39H,2,6,9,14-15,20-22H2,1,3-5H3,(H2,37,40,42)/b23-12+,26-13+,32-19+,36-24?. The van der Waals surface area contributed by atoms with Gasteiger partial charge in [0.15, 0.2) is 0 Å². The number of para-hydroxylation sites is 1. The van der Waals surface area contributed by atoms with Crippen LogP contribution in [0.3, 0.4) is 0 Å². The quantitative estimate of drug-likeness (QED) is 0.137. The Morgan fingerprint density at radius 3 is 2.65 bits per heavy atom. The van der Waals surface area contributed by atoms with E-state index in [0.29, 0.717) is 23.1 Å². The van der Waals surface area contributed by atoms with Gasteiger partial charge in [-0.2, -0.15) is 4.99 Å². The summed E-state index contributed by atoms with van der Waals surface area (Å²) in [5.41, 5.74) is 13.0. The number of methoxy groups -OCH3 is 1. The smallest absolute Gasteiger partial charge is 0.250 e. The molecule has 8 nitrogen and oxygen atoms in total. The molecule has 43 heavy (non-hydrogen) atoms. The number of rotatable bonds is 14. The molecule has 2 heterocycles. The number of nitrogens with two attached hydrogens (primary N) is 1. The molecule has 0 spiro atoms. The molecule has 1 aliphatic heterocycles. The summed E-state index contributed by atoms with van der Waals surface area (Å²) in [4.78, 5) is 23.0. The Kier molecular flexibility index (Phi) is 10.8. The van der Waals surface area contributed by atoms with Gasteiger partial charge in [-0.3, -0.25) is 14.7 Å². The summed E-state index contributed by atoms with van der Waals surface area (Å²) >= 11 is 0. The van der Waals surface area contributed by atoms with Gasteiger partial charge < -0.3 is 21.2 Å². The lowest BCUT2D eigenvalue weighted by Gasteiger charge is -2.39. The molecular formula is C35H44N6O2. The average molecular weight is 581 g/mol. The second kappa shape index (κ2) is 14.7. The van der Waals surface area contributed by atoms with Gasteiger partial charge in [-0.05, 0) is 62.4 Å². The van der Waals surface area contributed by atoms with Crippen LogP contribution in [0.4, 0.5) is 5.69 Å². The monoisotopic (exact) mass is 580 g/mol. The molecule has 0 unspecified atom stereocenters. The Balaban J connectivity index is 1.46. The normalized spacial score (nSPS) is 16.9. The van der Waals surface area contributed by atoms with Gasteiger partial charge in [0.2, 0.25) is 0 Å². The van der Waals surface area contributed by atoms with E-state index in [9.17, 15) is 4.79 Å². The first-order chi connectivity index (χ1) is 20.7. The second-order valence-corrected chi connectivity index (χ2v) is 11.4. The zero-order chi connectivity index (χ0) is 30.9. The van der Waals surface area contributed by atoms with E-state index >= 15 is 0 Å². The van der Waals surface area contributed by atoms with Gasteiger partial charge in [0.1, 0.15) is 11.6 Å². The third-order valence-electron chi connectivity index (χ3n) is 7.81. The summed E-state index contributed by atoms with van der Waals surface area (Å²) < 4.78 is 5.83. The van der Waals surface area contributed by atoms with Crippen LogP contribution in [-0.4, -0.2) is 47.5 Å². The molecule has 2 aromatic rings. The molecule has 2 aliphatic rings. The van der Waals surface area contributed by atoms with E-state index in [1.54, 1.807) is 14.0 Å². The van der Waals surface area contributed by atoms with Gasteiger partial charge >= 0.3 is 0 Å². The number of hydrogen-bond donors (Lipinski definition) is 3. The fourth-order valence-corrected chi connectivity index (χ4v) is 5.09. The molecule has 1 aromatic carbocycles. The zero-order valence-electron chi connectivity index (χ0n) is 25.8. The van der Waals surface area contributed by atoms with Crippen LogP contribution < -0.4 is 15.8 Å². The number of hydrogen-bond acceptors (Lipinski definition) is 6. The van der Waals surface area contributed by atoms with Gasteiger partial charge in [-0.1, -0.05) is 55.9 Å². The largest absolute Gasteiger partial charge is 0.494 e. The van der Waals surface area contributed by atoms with E-state index in [1.807, 2.05) is 30.5 Å². The van der Waals surface area contributed by atoms with Crippen LogP contribution in [0.15, 0.2) is 83.7 Å². The molecule has 2 fully saturated rings. The van der Waals surface area contributed by atoms with E-state index in [0.717, 1.165) is 62.1 Å². The summed E-state index contributed by atoms with van der Waals surface area (Å²) in [7, 11) is 1.62. The van der Waals surface area contributed by atoms with E-state index < -0.39 is 0 Å². The molecule has 4 rings (SSSR count). The minimum absolute atomic E-state index is 0.0170. The highest BCUT2D eigenvalue weighted by molar-refractivity contribution is 6.08. The lowest BCUT2D eigenvalue weighted by Crippen LogP contribution is -2.46. The Labute approximate surface area is 255 Å². The number of aryl methyl sites for hydroxylation is 1. The van der Waals surface area contributed by atoms with Crippen molar-refractivity contribution in [2.24, 2.45) is 22.6 Å². The first kappa shape index (κ1) is 31.6. The SMILES string of the molecule is C=C/C(=C\C=C(/C)C1CN(Cc2cc(CCC)ccn2)C1)c1cccc(N/C(=C/C(N)=NC(=O)C2CC2)C(C)=N)c1OC. The number of amides is 1. The molecular weight excluding hydrogens is 536 g/mol. The third-order valence-corrected chi connectivity index (χ3v) is 7.81. The van der Waals surface area contributed by atoms with Crippen molar-refractivity contribution in [1.82, 2.24) is 9.88 Å². The molecule has 4 N–H and O–H groups in total. The van der Waals surface area contributed by atoms with Crippen molar-refractivity contribution in [3.8, 4) is 5.75 Å². The van der Waals surface area contributed by atoms with Crippen LogP contribution in [-0.2, 0) is 17.8 Å². The van der Waals surface area contributed by atoms with Crippen LogP contribution in [0.5, 0.6) is 5.75 Å². The summed E-state index contributed by atoms with van der Waals surface area (Å²) in [6.07, 6.45) is 13.5. The number of pyridine rings is 1.